The molecule has 0 bridgehead atoms. The Balaban J connectivity index is 1.74. The Labute approximate surface area is 157 Å². The molecule has 7 nitrogen and oxygen atoms in total. The number of piperidine rings is 1. The number of aromatic nitrogens is 4. The van der Waals surface area contributed by atoms with E-state index in [4.69, 9.17) is 9.84 Å². The summed E-state index contributed by atoms with van der Waals surface area (Å²) in [6, 6.07) is 8.13. The smallest absolute Gasteiger partial charge is 0.315 e. The largest absolute Gasteiger partial charge is 0.403 e. The van der Waals surface area contributed by atoms with Crippen molar-refractivity contribution in [1.82, 2.24) is 25.3 Å². The van der Waals surface area contributed by atoms with Crippen molar-refractivity contribution in [2.24, 2.45) is 5.92 Å². The van der Waals surface area contributed by atoms with E-state index in [9.17, 15) is 4.79 Å². The standard InChI is InChI=1S/C20H23N5O2/c1-12-4-6-16(7-5-12)25-14(3)17-13(2)22-23-19(18(17)24-25)27-20(26)15-8-10-21-11-9-15/h4-7,15,21H,8-11H2,1-3H3. The van der Waals surface area contributed by atoms with Gasteiger partial charge < -0.3 is 10.1 Å². The number of benzene rings is 1. The summed E-state index contributed by atoms with van der Waals surface area (Å²) in [4.78, 5) is 12.5. The van der Waals surface area contributed by atoms with Crippen LogP contribution >= 0.6 is 0 Å². The highest BCUT2D eigenvalue weighted by Crippen LogP contribution is 2.29. The van der Waals surface area contributed by atoms with E-state index in [0.717, 1.165) is 48.4 Å². The number of nitrogens with one attached hydrogen (secondary N) is 1. The zero-order chi connectivity index (χ0) is 19.0. The van der Waals surface area contributed by atoms with Crippen LogP contribution in [0.1, 0.15) is 29.8 Å². The number of esters is 1. The first kappa shape index (κ1) is 17.6. The third kappa shape index (κ3) is 3.30. The summed E-state index contributed by atoms with van der Waals surface area (Å²) in [5.41, 5.74) is 4.42. The highest BCUT2D eigenvalue weighted by Gasteiger charge is 2.26. The summed E-state index contributed by atoms with van der Waals surface area (Å²) in [6.45, 7) is 7.59. The number of rotatable bonds is 3. The first-order valence-corrected chi connectivity index (χ1v) is 9.26. The van der Waals surface area contributed by atoms with Crippen LogP contribution in [0.15, 0.2) is 24.3 Å². The molecule has 1 aliphatic rings. The maximum absolute atomic E-state index is 12.5. The molecule has 0 spiro atoms. The number of nitrogens with zero attached hydrogens (tertiary/aromatic N) is 4. The summed E-state index contributed by atoms with van der Waals surface area (Å²) in [6.07, 6.45) is 1.55. The van der Waals surface area contributed by atoms with Crippen LogP contribution in [0.2, 0.25) is 0 Å². The Hall–Kier alpha value is -2.80. The third-order valence-electron chi connectivity index (χ3n) is 5.12. The van der Waals surface area contributed by atoms with Gasteiger partial charge in [0, 0.05) is 0 Å². The zero-order valence-corrected chi connectivity index (χ0v) is 15.8. The first-order valence-electron chi connectivity index (χ1n) is 9.26. The minimum absolute atomic E-state index is 0.107. The fraction of sp³-hybridized carbons (Fsp3) is 0.400. The Kier molecular flexibility index (Phi) is 4.61. The predicted octanol–water partition coefficient (Wildman–Crippen LogP) is 2.65. The minimum Gasteiger partial charge on any atom is -0.403 e. The van der Waals surface area contributed by atoms with Crippen LogP contribution in [-0.4, -0.2) is 39.0 Å². The van der Waals surface area contributed by atoms with Crippen LogP contribution < -0.4 is 10.1 Å². The molecule has 7 heteroatoms. The maximum Gasteiger partial charge on any atom is 0.315 e. The Morgan fingerprint density at radius 3 is 2.52 bits per heavy atom. The second kappa shape index (κ2) is 7.08. The van der Waals surface area contributed by atoms with Crippen LogP contribution in [0, 0.1) is 26.7 Å². The van der Waals surface area contributed by atoms with Gasteiger partial charge in [-0.05, 0) is 58.8 Å². The van der Waals surface area contributed by atoms with Crippen molar-refractivity contribution >= 4 is 16.9 Å². The summed E-state index contributed by atoms with van der Waals surface area (Å²) < 4.78 is 7.48. The van der Waals surface area contributed by atoms with Crippen LogP contribution in [0.3, 0.4) is 0 Å². The topological polar surface area (TPSA) is 81.9 Å². The van der Waals surface area contributed by atoms with Gasteiger partial charge in [0.25, 0.3) is 5.88 Å². The monoisotopic (exact) mass is 365 g/mol. The average Bonchev–Trinajstić information content (AvgIpc) is 3.04. The first-order chi connectivity index (χ1) is 13.0. The van der Waals surface area contributed by atoms with Crippen molar-refractivity contribution in [1.29, 1.82) is 0 Å². The van der Waals surface area contributed by atoms with Crippen LogP contribution in [0.5, 0.6) is 5.88 Å². The Morgan fingerprint density at radius 1 is 1.11 bits per heavy atom. The molecule has 4 rings (SSSR count). The Bertz CT molecular complexity index is 988. The fourth-order valence-electron chi connectivity index (χ4n) is 3.55. The molecule has 1 aromatic carbocycles. The summed E-state index contributed by atoms with van der Waals surface area (Å²) in [5, 5.41) is 17.1. The van der Waals surface area contributed by atoms with Gasteiger partial charge in [-0.25, -0.2) is 4.68 Å². The average molecular weight is 365 g/mol. The highest BCUT2D eigenvalue weighted by atomic mass is 16.5. The molecular weight excluding hydrogens is 342 g/mol. The van der Waals surface area contributed by atoms with Crippen molar-refractivity contribution in [3.05, 3.63) is 41.2 Å². The van der Waals surface area contributed by atoms with E-state index in [-0.39, 0.29) is 17.8 Å². The Morgan fingerprint density at radius 2 is 1.81 bits per heavy atom. The van der Waals surface area contributed by atoms with Gasteiger partial charge in [0.1, 0.15) is 0 Å². The number of fused-ring (bicyclic) bond motifs is 1. The lowest BCUT2D eigenvalue weighted by atomic mass is 9.99. The molecule has 140 valence electrons. The third-order valence-corrected chi connectivity index (χ3v) is 5.12. The quantitative estimate of drug-likeness (QED) is 0.719. The lowest BCUT2D eigenvalue weighted by Crippen LogP contribution is -2.34. The van der Waals surface area contributed by atoms with E-state index in [1.807, 2.05) is 49.7 Å². The molecule has 0 aliphatic carbocycles. The zero-order valence-electron chi connectivity index (χ0n) is 15.8. The van der Waals surface area contributed by atoms with E-state index in [2.05, 4.69) is 15.5 Å². The lowest BCUT2D eigenvalue weighted by molar-refractivity contribution is -0.140. The number of carbonyl (C=O) groups is 1. The molecule has 0 unspecified atom stereocenters. The molecule has 1 N–H and O–H groups in total. The number of ether oxygens (including phenoxy) is 1. The van der Waals surface area contributed by atoms with Gasteiger partial charge in [0.15, 0.2) is 5.52 Å². The molecule has 0 amide bonds. The molecule has 27 heavy (non-hydrogen) atoms. The fourth-order valence-corrected chi connectivity index (χ4v) is 3.55. The summed E-state index contributed by atoms with van der Waals surface area (Å²) in [5.74, 6) is -0.170. The van der Waals surface area contributed by atoms with E-state index in [1.165, 1.54) is 5.56 Å². The van der Waals surface area contributed by atoms with Crippen molar-refractivity contribution < 1.29 is 9.53 Å². The maximum atomic E-state index is 12.5. The molecule has 0 saturated carbocycles. The van der Waals surface area contributed by atoms with E-state index >= 15 is 0 Å². The molecule has 2 aromatic heterocycles. The molecule has 3 aromatic rings. The highest BCUT2D eigenvalue weighted by molar-refractivity contribution is 5.89. The molecule has 0 atom stereocenters. The normalized spacial score (nSPS) is 15.2. The predicted molar refractivity (Wildman–Crippen MR) is 102 cm³/mol. The molecule has 1 aliphatic heterocycles. The van der Waals surface area contributed by atoms with Crippen LogP contribution in [0.4, 0.5) is 0 Å². The van der Waals surface area contributed by atoms with Gasteiger partial charge in [-0.1, -0.05) is 17.7 Å². The van der Waals surface area contributed by atoms with Crippen molar-refractivity contribution in [2.75, 3.05) is 13.1 Å². The van der Waals surface area contributed by atoms with Gasteiger partial charge in [0.05, 0.1) is 28.4 Å². The van der Waals surface area contributed by atoms with Crippen molar-refractivity contribution in [3.8, 4) is 11.6 Å². The van der Waals surface area contributed by atoms with Gasteiger partial charge in [-0.2, -0.15) is 10.2 Å². The molecule has 0 radical (unpaired) electrons. The van der Waals surface area contributed by atoms with E-state index in [0.29, 0.717) is 5.52 Å². The van der Waals surface area contributed by atoms with Gasteiger partial charge in [-0.15, -0.1) is 5.10 Å². The summed E-state index contributed by atoms with van der Waals surface area (Å²) in [7, 11) is 0. The molecular formula is C20H23N5O2. The number of hydrogen-bond acceptors (Lipinski definition) is 6. The van der Waals surface area contributed by atoms with Crippen LogP contribution in [-0.2, 0) is 4.79 Å². The van der Waals surface area contributed by atoms with Gasteiger partial charge in [0.2, 0.25) is 0 Å². The van der Waals surface area contributed by atoms with Gasteiger partial charge in [-0.3, -0.25) is 4.79 Å². The van der Waals surface area contributed by atoms with Crippen molar-refractivity contribution in [3.63, 3.8) is 0 Å². The van der Waals surface area contributed by atoms with Crippen LogP contribution in [0.25, 0.3) is 16.6 Å². The van der Waals surface area contributed by atoms with Gasteiger partial charge >= 0.3 is 5.97 Å². The second-order valence-electron chi connectivity index (χ2n) is 7.09. The number of carbonyl (C=O) groups excluding carboxylic acids is 1. The SMILES string of the molecule is Cc1ccc(-n2nc3c(OC(=O)C4CCNCC4)nnc(C)c3c2C)cc1. The molecule has 3 heterocycles. The molecule has 1 saturated heterocycles. The second-order valence-corrected chi connectivity index (χ2v) is 7.09. The number of aryl methyl sites for hydroxylation is 3. The van der Waals surface area contributed by atoms with E-state index < -0.39 is 0 Å². The van der Waals surface area contributed by atoms with E-state index in [1.54, 1.807) is 0 Å². The number of hydrogen-bond donors (Lipinski definition) is 1. The molecule has 1 fully saturated rings. The minimum atomic E-state index is -0.251. The van der Waals surface area contributed by atoms with Crippen molar-refractivity contribution in [2.45, 2.75) is 33.6 Å². The lowest BCUT2D eigenvalue weighted by Gasteiger charge is -2.20. The summed E-state index contributed by atoms with van der Waals surface area (Å²) >= 11 is 0.